The molecule has 0 unspecified atom stereocenters. The summed E-state index contributed by atoms with van der Waals surface area (Å²) >= 11 is 0. The van der Waals surface area contributed by atoms with Crippen molar-refractivity contribution in [3.8, 4) is 0 Å². The molecule has 41 heavy (non-hydrogen) atoms. The first-order valence-corrected chi connectivity index (χ1v) is 14.1. The van der Waals surface area contributed by atoms with Crippen molar-refractivity contribution in [1.82, 2.24) is 25.1 Å². The van der Waals surface area contributed by atoms with Gasteiger partial charge in [0, 0.05) is 19.6 Å². The van der Waals surface area contributed by atoms with Crippen LogP contribution in [-0.2, 0) is 27.5 Å². The summed E-state index contributed by atoms with van der Waals surface area (Å²) in [5.74, 6) is -2.60. The smallest absolute Gasteiger partial charge is 0.333 e. The lowest BCUT2D eigenvalue weighted by Gasteiger charge is -2.55. The van der Waals surface area contributed by atoms with Crippen molar-refractivity contribution in [2.24, 2.45) is 0 Å². The van der Waals surface area contributed by atoms with E-state index in [0.717, 1.165) is 36.8 Å². The average molecular weight is 568 g/mol. The molecule has 2 N–H and O–H groups in total. The van der Waals surface area contributed by atoms with E-state index in [0.29, 0.717) is 12.1 Å². The van der Waals surface area contributed by atoms with Gasteiger partial charge in [-0.2, -0.15) is 0 Å². The van der Waals surface area contributed by atoms with E-state index in [-0.39, 0.29) is 26.2 Å². The lowest BCUT2D eigenvalue weighted by Crippen LogP contribution is -2.76. The number of nitrogens with one attached hydrogen (secondary N) is 1. The summed E-state index contributed by atoms with van der Waals surface area (Å²) in [7, 11) is 0. The average Bonchev–Trinajstić information content (AvgIpc) is 2.90. The second-order valence-corrected chi connectivity index (χ2v) is 10.7. The third kappa shape index (κ3) is 7.40. The molecule has 2 aromatic carbocycles. The van der Waals surface area contributed by atoms with Gasteiger partial charge in [0.05, 0.1) is 19.5 Å². The molecule has 2 aliphatic heterocycles. The number of fused-ring (bicyclic) bond motifs is 1. The van der Waals surface area contributed by atoms with E-state index in [2.05, 4.69) is 12.2 Å². The Bertz CT molecular complexity index is 1270. The molecule has 2 aliphatic rings. The highest BCUT2D eigenvalue weighted by Gasteiger charge is 2.51. The minimum Gasteiger partial charge on any atom is -0.481 e. The van der Waals surface area contributed by atoms with E-state index in [1.165, 1.54) is 26.9 Å². The van der Waals surface area contributed by atoms with Crippen LogP contribution in [0.5, 0.6) is 0 Å². The number of halogens is 1. The molecule has 220 valence electrons. The number of aryl methyl sites for hydroxylation is 1. The van der Waals surface area contributed by atoms with Crippen LogP contribution in [0.15, 0.2) is 48.5 Å². The molecule has 0 radical (unpaired) electrons. The number of urea groups is 1. The van der Waals surface area contributed by atoms with Crippen molar-refractivity contribution in [3.63, 3.8) is 0 Å². The van der Waals surface area contributed by atoms with Crippen molar-refractivity contribution in [3.05, 3.63) is 71.0 Å². The highest BCUT2D eigenvalue weighted by atomic mass is 19.1. The summed E-state index contributed by atoms with van der Waals surface area (Å²) in [5, 5.41) is 15.6. The van der Waals surface area contributed by atoms with Crippen molar-refractivity contribution in [2.45, 2.75) is 71.2 Å². The molecular formula is C30H38FN5O5. The lowest BCUT2D eigenvalue weighted by atomic mass is 10.0. The molecule has 0 spiro atoms. The van der Waals surface area contributed by atoms with Gasteiger partial charge in [0.1, 0.15) is 18.0 Å². The van der Waals surface area contributed by atoms with E-state index < -0.39 is 48.3 Å². The molecule has 4 amide bonds. The molecule has 0 aliphatic carbocycles. The first-order chi connectivity index (χ1) is 19.7. The fourth-order valence-electron chi connectivity index (χ4n) is 5.54. The Labute approximate surface area is 239 Å². The third-order valence-corrected chi connectivity index (χ3v) is 7.42. The van der Waals surface area contributed by atoms with Gasteiger partial charge in [-0.3, -0.25) is 14.4 Å². The van der Waals surface area contributed by atoms with Crippen LogP contribution in [0.25, 0.3) is 0 Å². The third-order valence-electron chi connectivity index (χ3n) is 7.42. The predicted molar refractivity (Wildman–Crippen MR) is 149 cm³/mol. The summed E-state index contributed by atoms with van der Waals surface area (Å²) in [5.41, 5.74) is 2.43. The van der Waals surface area contributed by atoms with Gasteiger partial charge >= 0.3 is 12.0 Å². The molecular weight excluding hydrogens is 529 g/mol. The zero-order valence-corrected chi connectivity index (χ0v) is 23.6. The number of hydrogen-bond donors (Lipinski definition) is 2. The SMILES string of the molecule is CCCCCCNC(=O)N1[C@H]2CN(Cc3cccc(C)c3)C(=O)[C@H](CC(=O)O)N2C(=O)CN1Cc1cccc(F)c1. The number of piperazine rings is 1. The Morgan fingerprint density at radius 3 is 2.44 bits per heavy atom. The van der Waals surface area contributed by atoms with Crippen LogP contribution in [0, 0.1) is 12.7 Å². The Kier molecular flexibility index (Phi) is 9.93. The summed E-state index contributed by atoms with van der Waals surface area (Å²) in [6.45, 7) is 4.47. The van der Waals surface area contributed by atoms with Gasteiger partial charge in [-0.05, 0) is 36.6 Å². The highest BCUT2D eigenvalue weighted by Crippen LogP contribution is 2.30. The van der Waals surface area contributed by atoms with Crippen LogP contribution in [-0.4, -0.2) is 80.6 Å². The van der Waals surface area contributed by atoms with Crippen LogP contribution in [0.3, 0.4) is 0 Å². The van der Waals surface area contributed by atoms with Crippen molar-refractivity contribution in [2.75, 3.05) is 19.6 Å². The van der Waals surface area contributed by atoms with E-state index in [1.54, 1.807) is 17.1 Å². The predicted octanol–water partition coefficient (Wildman–Crippen LogP) is 3.50. The van der Waals surface area contributed by atoms with E-state index in [1.807, 2.05) is 31.2 Å². The van der Waals surface area contributed by atoms with Crippen molar-refractivity contribution < 1.29 is 28.7 Å². The number of rotatable bonds is 11. The quantitative estimate of drug-likeness (QED) is 0.402. The van der Waals surface area contributed by atoms with Crippen molar-refractivity contribution >= 4 is 23.8 Å². The minimum atomic E-state index is -1.26. The number of hydrazine groups is 1. The first kappa shape index (κ1) is 30.0. The maximum absolute atomic E-state index is 14.0. The molecule has 2 atom stereocenters. The highest BCUT2D eigenvalue weighted by molar-refractivity contribution is 5.93. The lowest BCUT2D eigenvalue weighted by molar-refractivity contribution is -0.193. The van der Waals surface area contributed by atoms with Gasteiger partial charge in [-0.25, -0.2) is 19.2 Å². The molecule has 10 nitrogen and oxygen atoms in total. The second kappa shape index (κ2) is 13.6. The summed E-state index contributed by atoms with van der Waals surface area (Å²) < 4.78 is 14.0. The zero-order chi connectivity index (χ0) is 29.5. The van der Waals surface area contributed by atoms with Gasteiger partial charge < -0.3 is 20.2 Å². The van der Waals surface area contributed by atoms with Gasteiger partial charge in [0.15, 0.2) is 0 Å². The maximum Gasteiger partial charge on any atom is 0.333 e. The van der Waals surface area contributed by atoms with Gasteiger partial charge in [-0.1, -0.05) is 68.1 Å². The molecule has 0 saturated carbocycles. The minimum absolute atomic E-state index is 0.00244. The molecule has 11 heteroatoms. The number of unbranched alkanes of at least 4 members (excludes halogenated alkanes) is 3. The number of carboxylic acids is 1. The van der Waals surface area contributed by atoms with Crippen LogP contribution >= 0.6 is 0 Å². The van der Waals surface area contributed by atoms with Crippen LogP contribution in [0.2, 0.25) is 0 Å². The number of benzene rings is 2. The summed E-state index contributed by atoms with van der Waals surface area (Å²) in [6, 6.07) is 11.8. The monoisotopic (exact) mass is 567 g/mol. The molecule has 2 aromatic rings. The van der Waals surface area contributed by atoms with Crippen molar-refractivity contribution in [1.29, 1.82) is 0 Å². The van der Waals surface area contributed by atoms with Crippen LogP contribution in [0.1, 0.15) is 55.7 Å². The maximum atomic E-state index is 14.0. The van der Waals surface area contributed by atoms with Gasteiger partial charge in [-0.15, -0.1) is 0 Å². The number of carbonyl (C=O) groups is 4. The molecule has 2 saturated heterocycles. The zero-order valence-electron chi connectivity index (χ0n) is 23.6. The largest absolute Gasteiger partial charge is 0.481 e. The fraction of sp³-hybridized carbons (Fsp3) is 0.467. The van der Waals surface area contributed by atoms with E-state index in [9.17, 15) is 28.7 Å². The van der Waals surface area contributed by atoms with E-state index >= 15 is 0 Å². The Morgan fingerprint density at radius 1 is 1.02 bits per heavy atom. The summed E-state index contributed by atoms with van der Waals surface area (Å²) in [6.07, 6.45) is 2.32. The molecule has 4 rings (SSSR count). The number of nitrogens with zero attached hydrogens (tertiary/aromatic N) is 4. The number of amides is 4. The topological polar surface area (TPSA) is 113 Å². The number of aliphatic carboxylic acids is 1. The molecule has 2 fully saturated rings. The first-order valence-electron chi connectivity index (χ1n) is 14.1. The molecule has 2 heterocycles. The number of carboxylic acid groups (broad SMARTS) is 1. The summed E-state index contributed by atoms with van der Waals surface area (Å²) in [4.78, 5) is 55.5. The Hall–Kier alpha value is -3.99. The number of carbonyl (C=O) groups excluding carboxylic acids is 3. The fourth-order valence-corrected chi connectivity index (χ4v) is 5.54. The van der Waals surface area contributed by atoms with Gasteiger partial charge in [0.2, 0.25) is 11.8 Å². The van der Waals surface area contributed by atoms with E-state index in [4.69, 9.17) is 0 Å². The van der Waals surface area contributed by atoms with Gasteiger partial charge in [0.25, 0.3) is 0 Å². The number of hydrogen-bond acceptors (Lipinski definition) is 5. The second-order valence-electron chi connectivity index (χ2n) is 10.7. The van der Waals surface area contributed by atoms with Crippen LogP contribution < -0.4 is 5.32 Å². The Balaban J connectivity index is 1.68. The van der Waals surface area contributed by atoms with Crippen LogP contribution in [0.4, 0.5) is 9.18 Å². The Morgan fingerprint density at radius 2 is 1.76 bits per heavy atom. The molecule has 0 aromatic heterocycles. The molecule has 0 bridgehead atoms. The standard InChI is InChI=1S/C30H38FN5O5/c1-3-4-5-6-13-32-30(41)36-26-19-33(17-22-10-7-9-21(2)14-22)29(40)25(16-28(38)39)35(26)27(37)20-34(36)18-23-11-8-12-24(31)15-23/h7-12,14-15,25-26H,3-6,13,16-20H2,1-2H3,(H,32,41)(H,38,39)/t25-,26-/m0/s1. The normalized spacial score (nSPS) is 19.3.